The zero-order valence-electron chi connectivity index (χ0n) is 34.1. The molecule has 7 aromatic rings. The molecule has 0 spiro atoms. The van der Waals surface area contributed by atoms with E-state index in [0.29, 0.717) is 64.3 Å². The van der Waals surface area contributed by atoms with Gasteiger partial charge in [0, 0.05) is 84.6 Å². The maximum Gasteiger partial charge on any atom is 0.338 e. The summed E-state index contributed by atoms with van der Waals surface area (Å²) in [4.78, 5) is 36.2. The first-order valence-electron chi connectivity index (χ1n) is 20.4. The molecular weight excluding hydrogens is 780 g/mol. The van der Waals surface area contributed by atoms with Gasteiger partial charge in [0.25, 0.3) is 5.91 Å². The molecule has 4 aromatic heterocycles. The minimum atomic E-state index is -2.94. The van der Waals surface area contributed by atoms with E-state index in [1.807, 2.05) is 36.2 Å². The van der Waals surface area contributed by atoms with Gasteiger partial charge in [0.05, 0.1) is 32.8 Å². The van der Waals surface area contributed by atoms with Crippen molar-refractivity contribution >= 4 is 26.5 Å². The SMILES string of the molecule is CCS(=N)(=O)c1ccc(-n2ccn(-c3c4c(nn3-c3cc(C)c(F)c(C)c3)CCN(C(=O)c3cc5cc(C6CCOCC6)ccc5n3Cc3cccnc3)[C@H]4C)c2=O)cc1. The van der Waals surface area contributed by atoms with Crippen LogP contribution in [0.4, 0.5) is 4.39 Å². The maximum absolute atomic E-state index is 15.1. The van der Waals surface area contributed by atoms with Crippen LogP contribution in [0.1, 0.15) is 82.6 Å². The number of halogens is 1. The van der Waals surface area contributed by atoms with E-state index in [1.165, 1.54) is 14.7 Å². The molecule has 1 saturated heterocycles. The largest absolute Gasteiger partial charge is 0.381 e. The summed E-state index contributed by atoms with van der Waals surface area (Å²) in [6.45, 7) is 9.41. The van der Waals surface area contributed by atoms with Crippen LogP contribution in [0.25, 0.3) is 28.1 Å². The van der Waals surface area contributed by atoms with Crippen molar-refractivity contribution < 1.29 is 18.1 Å². The number of rotatable bonds is 9. The normalized spacial score (nSPS) is 16.9. The first-order valence-corrected chi connectivity index (χ1v) is 22.1. The fraction of sp³-hybridized carbons (Fsp3) is 0.304. The van der Waals surface area contributed by atoms with Gasteiger partial charge in [-0.3, -0.25) is 18.9 Å². The molecule has 0 saturated carbocycles. The lowest BCUT2D eigenvalue weighted by molar-refractivity contribution is 0.0667. The second kappa shape index (κ2) is 15.5. The topological polar surface area (TPSA) is 133 Å². The van der Waals surface area contributed by atoms with E-state index in [-0.39, 0.29) is 17.5 Å². The Balaban J connectivity index is 1.15. The summed E-state index contributed by atoms with van der Waals surface area (Å²) < 4.78 is 48.4. The van der Waals surface area contributed by atoms with Gasteiger partial charge in [0.2, 0.25) is 0 Å². The summed E-state index contributed by atoms with van der Waals surface area (Å²) in [5.74, 6) is 0.583. The number of fused-ring (bicyclic) bond motifs is 2. The van der Waals surface area contributed by atoms with Crippen LogP contribution < -0.4 is 5.69 Å². The molecule has 12 nitrogen and oxygen atoms in total. The van der Waals surface area contributed by atoms with Gasteiger partial charge in [0.15, 0.2) is 0 Å². The van der Waals surface area contributed by atoms with Gasteiger partial charge >= 0.3 is 5.69 Å². The van der Waals surface area contributed by atoms with E-state index < -0.39 is 21.5 Å². The van der Waals surface area contributed by atoms with Crippen molar-refractivity contribution in [1.82, 2.24) is 33.4 Å². The Morgan fingerprint density at radius 1 is 0.967 bits per heavy atom. The third kappa shape index (κ3) is 6.86. The highest BCUT2D eigenvalue weighted by atomic mass is 32.2. The number of amides is 1. The fourth-order valence-corrected chi connectivity index (χ4v) is 9.77. The van der Waals surface area contributed by atoms with Crippen LogP contribution in [-0.4, -0.2) is 69.0 Å². The van der Waals surface area contributed by atoms with Crippen molar-refractivity contribution in [3.63, 3.8) is 0 Å². The zero-order chi connectivity index (χ0) is 41.9. The quantitative estimate of drug-likeness (QED) is 0.157. The summed E-state index contributed by atoms with van der Waals surface area (Å²) in [6, 6.07) is 22.0. The lowest BCUT2D eigenvalue weighted by Gasteiger charge is -2.34. The molecule has 0 aliphatic carbocycles. The molecule has 0 radical (unpaired) electrons. The number of pyridine rings is 1. The predicted molar refractivity (Wildman–Crippen MR) is 229 cm³/mol. The number of imidazole rings is 1. The highest BCUT2D eigenvalue weighted by Gasteiger charge is 2.37. The molecule has 3 aromatic carbocycles. The number of hydrogen-bond acceptors (Lipinski definition) is 7. The molecule has 9 rings (SSSR count). The molecule has 14 heteroatoms. The molecule has 2 atom stereocenters. The van der Waals surface area contributed by atoms with E-state index in [0.717, 1.165) is 53.8 Å². The molecule has 308 valence electrons. The number of hydrogen-bond donors (Lipinski definition) is 1. The predicted octanol–water partition coefficient (Wildman–Crippen LogP) is 8.05. The monoisotopic (exact) mass is 826 g/mol. The first kappa shape index (κ1) is 39.3. The lowest BCUT2D eigenvalue weighted by atomic mass is 9.91. The summed E-state index contributed by atoms with van der Waals surface area (Å²) in [6.07, 6.45) is 9.24. The summed E-state index contributed by atoms with van der Waals surface area (Å²) in [5.41, 5.74) is 6.81. The van der Waals surface area contributed by atoms with Crippen molar-refractivity contribution in [2.75, 3.05) is 25.5 Å². The third-order valence-electron chi connectivity index (χ3n) is 12.2. The fourth-order valence-electron chi connectivity index (χ4n) is 8.86. The van der Waals surface area contributed by atoms with Gasteiger partial charge in [-0.15, -0.1) is 0 Å². The van der Waals surface area contributed by atoms with E-state index >= 15 is 9.18 Å². The smallest absolute Gasteiger partial charge is 0.338 e. The van der Waals surface area contributed by atoms with Crippen molar-refractivity contribution in [2.45, 2.75) is 70.4 Å². The van der Waals surface area contributed by atoms with Gasteiger partial charge in [-0.1, -0.05) is 19.1 Å². The number of benzene rings is 3. The second-order valence-corrected chi connectivity index (χ2v) is 18.3. The van der Waals surface area contributed by atoms with E-state index in [2.05, 4.69) is 27.8 Å². The van der Waals surface area contributed by atoms with Gasteiger partial charge in [-0.2, -0.15) is 5.10 Å². The van der Waals surface area contributed by atoms with Gasteiger partial charge in [0.1, 0.15) is 17.3 Å². The Kier molecular flexibility index (Phi) is 10.2. The third-order valence-corrected chi connectivity index (χ3v) is 14.0. The minimum absolute atomic E-state index is 0.143. The number of aromatic nitrogens is 6. The number of aryl methyl sites for hydroxylation is 2. The van der Waals surface area contributed by atoms with Gasteiger partial charge in [-0.25, -0.2) is 22.9 Å². The van der Waals surface area contributed by atoms with Gasteiger partial charge < -0.3 is 14.2 Å². The Bertz CT molecular complexity index is 2920. The van der Waals surface area contributed by atoms with Crippen molar-refractivity contribution in [1.29, 1.82) is 4.78 Å². The highest BCUT2D eigenvalue weighted by molar-refractivity contribution is 7.92. The van der Waals surface area contributed by atoms with Crippen LogP contribution in [-0.2, 0) is 27.4 Å². The molecule has 1 N–H and O–H groups in total. The average molecular weight is 827 g/mol. The average Bonchev–Trinajstić information content (AvgIpc) is 3.96. The standard InChI is InChI=1S/C46H47FN8O4S/c1-5-60(48,58)38-11-9-36(10-12-38)52-19-20-53(46(52)57)44-42-31(4)51(18-14-39(42)50-55(44)37-23-29(2)43(47)30(3)24-37)45(56)41-26-35-25-34(33-15-21-59-22-16-33)8-13-40(35)54(41)28-32-7-6-17-49-27-32/h6-13,17,19-20,23-27,31,33,48H,5,14-16,18,21-22,28H2,1-4H3/t31-,60?/m0/s1. The van der Waals surface area contributed by atoms with Gasteiger partial charge in [-0.05, 0) is 122 Å². The van der Waals surface area contributed by atoms with Crippen LogP contribution in [0.15, 0.2) is 107 Å². The summed E-state index contributed by atoms with van der Waals surface area (Å²) >= 11 is 0. The number of carbonyl (C=O) groups excluding carboxylic acids is 1. The molecule has 1 unspecified atom stereocenters. The van der Waals surface area contributed by atoms with E-state index in [4.69, 9.17) is 14.6 Å². The zero-order valence-corrected chi connectivity index (χ0v) is 34.9. The van der Waals surface area contributed by atoms with E-state index in [1.54, 1.807) is 80.4 Å². The number of nitrogens with zero attached hydrogens (tertiary/aromatic N) is 7. The van der Waals surface area contributed by atoms with Crippen LogP contribution in [0, 0.1) is 24.4 Å². The molecule has 1 fully saturated rings. The first-order chi connectivity index (χ1) is 28.9. The number of ether oxygens (including phenoxy) is 1. The van der Waals surface area contributed by atoms with Crippen molar-refractivity contribution in [2.24, 2.45) is 0 Å². The van der Waals surface area contributed by atoms with Crippen molar-refractivity contribution in [3.05, 3.63) is 153 Å². The second-order valence-electron chi connectivity index (χ2n) is 15.9. The Labute approximate surface area is 347 Å². The molecular formula is C46H47FN8O4S. The molecule has 60 heavy (non-hydrogen) atoms. The van der Waals surface area contributed by atoms with Crippen molar-refractivity contribution in [3.8, 4) is 17.2 Å². The highest BCUT2D eigenvalue weighted by Crippen LogP contribution is 2.38. The lowest BCUT2D eigenvalue weighted by Crippen LogP contribution is -2.40. The Morgan fingerprint density at radius 3 is 2.40 bits per heavy atom. The maximum atomic E-state index is 15.1. The van der Waals surface area contributed by atoms with Crippen LogP contribution >= 0.6 is 0 Å². The summed E-state index contributed by atoms with van der Waals surface area (Å²) in [5, 5.41) is 6.07. The molecule has 0 bridgehead atoms. The molecule has 1 amide bonds. The Morgan fingerprint density at radius 2 is 1.70 bits per heavy atom. The summed E-state index contributed by atoms with van der Waals surface area (Å²) in [7, 11) is -2.94. The van der Waals surface area contributed by atoms with Crippen LogP contribution in [0.5, 0.6) is 0 Å². The molecule has 2 aliphatic heterocycles. The van der Waals surface area contributed by atoms with Crippen LogP contribution in [0.3, 0.4) is 0 Å². The number of carbonyl (C=O) groups is 1. The minimum Gasteiger partial charge on any atom is -0.381 e. The Hall–Kier alpha value is -6.12. The molecule has 2 aliphatic rings. The molecule has 6 heterocycles. The van der Waals surface area contributed by atoms with E-state index in [9.17, 15) is 9.00 Å². The van der Waals surface area contributed by atoms with Crippen LogP contribution in [0.2, 0.25) is 0 Å². The number of nitrogens with one attached hydrogen (secondary N) is 1.